The van der Waals surface area contributed by atoms with Crippen molar-refractivity contribution >= 4 is 15.9 Å². The SMILES string of the molecule is CC(C)c1ccc(C(F)(F)F)cc1Br. The van der Waals surface area contributed by atoms with Crippen molar-refractivity contribution in [2.24, 2.45) is 0 Å². The van der Waals surface area contributed by atoms with Crippen molar-refractivity contribution in [3.8, 4) is 0 Å². The number of halogens is 4. The summed E-state index contributed by atoms with van der Waals surface area (Å²) in [7, 11) is 0. The number of hydrogen-bond acceptors (Lipinski definition) is 0. The third kappa shape index (κ3) is 2.50. The lowest BCUT2D eigenvalue weighted by Crippen LogP contribution is -2.05. The molecule has 14 heavy (non-hydrogen) atoms. The maximum Gasteiger partial charge on any atom is 0.416 e. The summed E-state index contributed by atoms with van der Waals surface area (Å²) in [6, 6.07) is 3.74. The third-order valence-electron chi connectivity index (χ3n) is 1.95. The van der Waals surface area contributed by atoms with Gasteiger partial charge in [-0.25, -0.2) is 0 Å². The highest BCUT2D eigenvalue weighted by molar-refractivity contribution is 9.10. The van der Waals surface area contributed by atoms with Crippen molar-refractivity contribution in [1.82, 2.24) is 0 Å². The van der Waals surface area contributed by atoms with Crippen LogP contribution in [0.4, 0.5) is 13.2 Å². The molecule has 0 fully saturated rings. The normalized spacial score (nSPS) is 12.2. The Bertz CT molecular complexity index is 329. The van der Waals surface area contributed by atoms with Gasteiger partial charge in [0.05, 0.1) is 5.56 Å². The molecule has 1 rings (SSSR count). The molecule has 0 radical (unpaired) electrons. The zero-order valence-electron chi connectivity index (χ0n) is 7.82. The summed E-state index contributed by atoms with van der Waals surface area (Å²) >= 11 is 3.14. The maximum atomic E-state index is 12.3. The van der Waals surface area contributed by atoms with Crippen molar-refractivity contribution in [1.29, 1.82) is 0 Å². The first-order valence-corrected chi connectivity index (χ1v) is 4.98. The summed E-state index contributed by atoms with van der Waals surface area (Å²) in [6.07, 6.45) is -4.27. The topological polar surface area (TPSA) is 0 Å². The molecule has 78 valence electrons. The predicted octanol–water partition coefficient (Wildman–Crippen LogP) is 4.59. The van der Waals surface area contributed by atoms with E-state index in [4.69, 9.17) is 0 Å². The highest BCUT2D eigenvalue weighted by Gasteiger charge is 2.30. The van der Waals surface area contributed by atoms with E-state index in [1.54, 1.807) is 0 Å². The van der Waals surface area contributed by atoms with Crippen LogP contribution >= 0.6 is 15.9 Å². The van der Waals surface area contributed by atoms with Crippen LogP contribution in [0.1, 0.15) is 30.9 Å². The second-order valence-corrected chi connectivity index (χ2v) is 4.24. The van der Waals surface area contributed by atoms with Crippen LogP contribution in [0.2, 0.25) is 0 Å². The molecule has 1 aromatic rings. The molecule has 0 aliphatic heterocycles. The molecule has 0 heterocycles. The van der Waals surface area contributed by atoms with E-state index in [1.165, 1.54) is 6.07 Å². The van der Waals surface area contributed by atoms with Gasteiger partial charge in [0.2, 0.25) is 0 Å². The lowest BCUT2D eigenvalue weighted by molar-refractivity contribution is -0.137. The van der Waals surface area contributed by atoms with Crippen LogP contribution in [-0.4, -0.2) is 0 Å². The van der Waals surface area contributed by atoms with E-state index in [0.29, 0.717) is 4.47 Å². The Balaban J connectivity index is 3.13. The summed E-state index contributed by atoms with van der Waals surface area (Å²) in [5, 5.41) is 0. The van der Waals surface area contributed by atoms with Crippen LogP contribution in [0.5, 0.6) is 0 Å². The van der Waals surface area contributed by atoms with Gasteiger partial charge in [0.15, 0.2) is 0 Å². The lowest BCUT2D eigenvalue weighted by atomic mass is 10.0. The predicted molar refractivity (Wildman–Crippen MR) is 53.2 cm³/mol. The minimum atomic E-state index is -4.27. The van der Waals surface area contributed by atoms with Crippen LogP contribution in [0.3, 0.4) is 0 Å². The van der Waals surface area contributed by atoms with Gasteiger partial charge in [0, 0.05) is 4.47 Å². The molecule has 0 atom stereocenters. The fourth-order valence-corrected chi connectivity index (χ4v) is 2.01. The molecule has 0 bridgehead atoms. The molecule has 0 saturated carbocycles. The average molecular weight is 267 g/mol. The molecular formula is C10H10BrF3. The van der Waals surface area contributed by atoms with Gasteiger partial charge >= 0.3 is 6.18 Å². The standard InChI is InChI=1S/C10H10BrF3/c1-6(2)8-4-3-7(5-9(8)11)10(12,13)14/h3-6H,1-2H3. The zero-order chi connectivity index (χ0) is 10.9. The van der Waals surface area contributed by atoms with Crippen LogP contribution < -0.4 is 0 Å². The molecular weight excluding hydrogens is 257 g/mol. The lowest BCUT2D eigenvalue weighted by Gasteiger charge is -2.12. The quantitative estimate of drug-likeness (QED) is 0.698. The Labute approximate surface area is 89.3 Å². The summed E-state index contributed by atoms with van der Waals surface area (Å²) in [4.78, 5) is 0. The molecule has 0 unspecified atom stereocenters. The Morgan fingerprint density at radius 3 is 2.14 bits per heavy atom. The molecule has 0 aliphatic carbocycles. The van der Waals surface area contributed by atoms with Gasteiger partial charge in [0.25, 0.3) is 0 Å². The van der Waals surface area contributed by atoms with E-state index >= 15 is 0 Å². The highest BCUT2D eigenvalue weighted by Crippen LogP contribution is 2.34. The first kappa shape index (κ1) is 11.6. The zero-order valence-corrected chi connectivity index (χ0v) is 9.41. The van der Waals surface area contributed by atoms with E-state index in [-0.39, 0.29) is 5.92 Å². The molecule has 4 heteroatoms. The van der Waals surface area contributed by atoms with Gasteiger partial charge in [-0.15, -0.1) is 0 Å². The molecule has 0 saturated heterocycles. The van der Waals surface area contributed by atoms with Crippen LogP contribution in [0, 0.1) is 0 Å². The Morgan fingerprint density at radius 2 is 1.79 bits per heavy atom. The maximum absolute atomic E-state index is 12.3. The summed E-state index contributed by atoms with van der Waals surface area (Å²) < 4.78 is 37.4. The van der Waals surface area contributed by atoms with Gasteiger partial charge in [-0.3, -0.25) is 0 Å². The van der Waals surface area contributed by atoms with Crippen molar-refractivity contribution in [3.63, 3.8) is 0 Å². The van der Waals surface area contributed by atoms with Crippen LogP contribution in [0.15, 0.2) is 22.7 Å². The molecule has 0 aromatic heterocycles. The fourth-order valence-electron chi connectivity index (χ4n) is 1.17. The first-order chi connectivity index (χ1) is 6.32. The largest absolute Gasteiger partial charge is 0.416 e. The second kappa shape index (κ2) is 3.93. The van der Waals surface area contributed by atoms with Gasteiger partial charge < -0.3 is 0 Å². The smallest absolute Gasteiger partial charge is 0.166 e. The Morgan fingerprint density at radius 1 is 1.21 bits per heavy atom. The molecule has 0 aliphatic rings. The van der Waals surface area contributed by atoms with E-state index in [9.17, 15) is 13.2 Å². The van der Waals surface area contributed by atoms with Gasteiger partial charge in [-0.05, 0) is 23.6 Å². The van der Waals surface area contributed by atoms with E-state index < -0.39 is 11.7 Å². The van der Waals surface area contributed by atoms with E-state index in [1.807, 2.05) is 13.8 Å². The summed E-state index contributed by atoms with van der Waals surface area (Å²) in [6.45, 7) is 3.88. The number of benzene rings is 1. The minimum absolute atomic E-state index is 0.214. The monoisotopic (exact) mass is 266 g/mol. The fraction of sp³-hybridized carbons (Fsp3) is 0.400. The average Bonchev–Trinajstić information content (AvgIpc) is 2.01. The van der Waals surface area contributed by atoms with Gasteiger partial charge in [-0.2, -0.15) is 13.2 Å². The van der Waals surface area contributed by atoms with Gasteiger partial charge in [0.1, 0.15) is 0 Å². The molecule has 0 spiro atoms. The second-order valence-electron chi connectivity index (χ2n) is 3.39. The van der Waals surface area contributed by atoms with Crippen LogP contribution in [0.25, 0.3) is 0 Å². The van der Waals surface area contributed by atoms with Crippen LogP contribution in [-0.2, 0) is 6.18 Å². The minimum Gasteiger partial charge on any atom is -0.166 e. The number of rotatable bonds is 1. The summed E-state index contributed by atoms with van der Waals surface area (Å²) in [5.74, 6) is 0.214. The van der Waals surface area contributed by atoms with Crippen molar-refractivity contribution in [2.45, 2.75) is 25.9 Å². The van der Waals surface area contributed by atoms with E-state index in [0.717, 1.165) is 17.7 Å². The number of alkyl halides is 3. The highest BCUT2D eigenvalue weighted by atomic mass is 79.9. The van der Waals surface area contributed by atoms with E-state index in [2.05, 4.69) is 15.9 Å². The van der Waals surface area contributed by atoms with Gasteiger partial charge in [-0.1, -0.05) is 35.8 Å². The molecule has 1 aromatic carbocycles. The van der Waals surface area contributed by atoms with Crippen molar-refractivity contribution in [3.05, 3.63) is 33.8 Å². The summed E-state index contributed by atoms with van der Waals surface area (Å²) in [5.41, 5.74) is 0.270. The molecule has 0 N–H and O–H groups in total. The third-order valence-corrected chi connectivity index (χ3v) is 2.64. The van der Waals surface area contributed by atoms with Crippen molar-refractivity contribution < 1.29 is 13.2 Å². The number of hydrogen-bond donors (Lipinski definition) is 0. The Kier molecular flexibility index (Phi) is 3.24. The first-order valence-electron chi connectivity index (χ1n) is 4.19. The Hall–Kier alpha value is -0.510. The molecule has 0 nitrogen and oxygen atoms in total. The molecule has 0 amide bonds. The van der Waals surface area contributed by atoms with Crippen molar-refractivity contribution in [2.75, 3.05) is 0 Å².